The zero-order valence-corrected chi connectivity index (χ0v) is 18.7. The summed E-state index contributed by atoms with van der Waals surface area (Å²) in [5, 5.41) is 14.4. The molecule has 1 amide bonds. The van der Waals surface area contributed by atoms with E-state index in [4.69, 9.17) is 14.8 Å². The summed E-state index contributed by atoms with van der Waals surface area (Å²) in [4.78, 5) is 23.2. The summed E-state index contributed by atoms with van der Waals surface area (Å²) < 4.78 is 5.29. The summed E-state index contributed by atoms with van der Waals surface area (Å²) >= 11 is 0. The van der Waals surface area contributed by atoms with Gasteiger partial charge in [-0.1, -0.05) is 30.3 Å². The van der Waals surface area contributed by atoms with Gasteiger partial charge in [0.25, 0.3) is 0 Å². The minimum Gasteiger partial charge on any atom is -0.497 e. The van der Waals surface area contributed by atoms with Crippen molar-refractivity contribution in [2.75, 3.05) is 33.4 Å². The molecule has 0 radical (unpaired) electrons. The molecule has 3 N–H and O–H groups in total. The Morgan fingerprint density at radius 2 is 2.03 bits per heavy atom. The third-order valence-electron chi connectivity index (χ3n) is 6.34. The molecule has 1 aliphatic rings. The minimum absolute atomic E-state index is 0.0188. The van der Waals surface area contributed by atoms with Gasteiger partial charge in [-0.25, -0.2) is 0 Å². The number of benzene rings is 2. The van der Waals surface area contributed by atoms with Crippen LogP contribution in [0.4, 0.5) is 0 Å². The molecule has 0 saturated carbocycles. The fraction of sp³-hybridized carbons (Fsp3) is 0.308. The molecule has 4 aromatic rings. The molecule has 0 bridgehead atoms. The summed E-state index contributed by atoms with van der Waals surface area (Å²) in [7, 11) is 1.67. The van der Waals surface area contributed by atoms with Gasteiger partial charge in [0, 0.05) is 35.8 Å². The van der Waals surface area contributed by atoms with Crippen molar-refractivity contribution >= 4 is 27.7 Å². The van der Waals surface area contributed by atoms with E-state index in [1.807, 2.05) is 23.1 Å². The number of nitrogens with one attached hydrogen (secondary N) is 2. The first-order valence-electron chi connectivity index (χ1n) is 11.3. The van der Waals surface area contributed by atoms with Crippen LogP contribution >= 0.6 is 0 Å². The number of rotatable bonds is 7. The SMILES string of the molecule is COc1ccc(Cc2nc3c(c4c2[nH]c2ccccc24)CCN(C(=O)CNCCO)C3)cc1. The van der Waals surface area contributed by atoms with Crippen LogP contribution in [0.1, 0.15) is 22.5 Å². The minimum atomic E-state index is 0.0188. The van der Waals surface area contributed by atoms with Crippen molar-refractivity contribution < 1.29 is 14.6 Å². The highest BCUT2D eigenvalue weighted by Crippen LogP contribution is 2.35. The second kappa shape index (κ2) is 9.21. The first-order chi connectivity index (χ1) is 16.2. The van der Waals surface area contributed by atoms with E-state index in [1.54, 1.807) is 7.11 Å². The van der Waals surface area contributed by atoms with Gasteiger partial charge < -0.3 is 25.0 Å². The predicted molar refractivity (Wildman–Crippen MR) is 128 cm³/mol. The molecule has 0 atom stereocenters. The van der Waals surface area contributed by atoms with Crippen LogP contribution in [0.3, 0.4) is 0 Å². The van der Waals surface area contributed by atoms with Gasteiger partial charge in [0.05, 0.1) is 43.7 Å². The number of carbonyl (C=O) groups excluding carboxylic acids is 1. The zero-order valence-electron chi connectivity index (χ0n) is 18.7. The molecule has 3 heterocycles. The van der Waals surface area contributed by atoms with E-state index in [-0.39, 0.29) is 19.1 Å². The second-order valence-corrected chi connectivity index (χ2v) is 8.39. The molecule has 7 heteroatoms. The Bertz CT molecular complexity index is 1300. The predicted octanol–water partition coefficient (Wildman–Crippen LogP) is 2.78. The van der Waals surface area contributed by atoms with E-state index in [0.717, 1.165) is 40.2 Å². The number of amides is 1. The van der Waals surface area contributed by atoms with Gasteiger partial charge in [0.15, 0.2) is 0 Å². The number of para-hydroxylation sites is 1. The molecule has 170 valence electrons. The average Bonchev–Trinajstić information content (AvgIpc) is 3.24. The van der Waals surface area contributed by atoms with Crippen molar-refractivity contribution in [1.82, 2.24) is 20.2 Å². The number of aromatic nitrogens is 2. The summed E-state index contributed by atoms with van der Waals surface area (Å²) in [6, 6.07) is 16.4. The van der Waals surface area contributed by atoms with Crippen molar-refractivity contribution in [3.63, 3.8) is 0 Å². The highest BCUT2D eigenvalue weighted by Gasteiger charge is 2.26. The van der Waals surface area contributed by atoms with E-state index < -0.39 is 0 Å². The number of aliphatic hydroxyl groups excluding tert-OH is 1. The van der Waals surface area contributed by atoms with Crippen LogP contribution in [0, 0.1) is 0 Å². The quantitative estimate of drug-likeness (QED) is 0.382. The van der Waals surface area contributed by atoms with Crippen molar-refractivity contribution in [2.45, 2.75) is 19.4 Å². The normalized spacial score (nSPS) is 13.5. The molecule has 0 unspecified atom stereocenters. The molecule has 1 aliphatic heterocycles. The first kappa shape index (κ1) is 21.4. The number of H-pyrrole nitrogens is 1. The van der Waals surface area contributed by atoms with Gasteiger partial charge in [-0.3, -0.25) is 9.78 Å². The van der Waals surface area contributed by atoms with Gasteiger partial charge in [-0.15, -0.1) is 0 Å². The lowest BCUT2D eigenvalue weighted by atomic mass is 9.96. The van der Waals surface area contributed by atoms with Gasteiger partial charge in [-0.2, -0.15) is 0 Å². The third-order valence-corrected chi connectivity index (χ3v) is 6.34. The number of aromatic amines is 1. The molecular weight excluding hydrogens is 416 g/mol. The van der Waals surface area contributed by atoms with Crippen LogP contribution in [0.25, 0.3) is 21.8 Å². The lowest BCUT2D eigenvalue weighted by Crippen LogP contribution is -2.42. The number of pyridine rings is 1. The maximum atomic E-state index is 12.7. The Morgan fingerprint density at radius 1 is 1.21 bits per heavy atom. The standard InChI is InChI=1S/C26H28N4O3/c1-33-18-8-6-17(7-9-18)14-22-26-25(19-4-2-3-5-21(19)29-26)20-10-12-30(16-23(20)28-22)24(32)15-27-11-13-31/h2-9,27,29,31H,10-16H2,1H3. The fourth-order valence-corrected chi connectivity index (χ4v) is 4.67. The van der Waals surface area contributed by atoms with E-state index >= 15 is 0 Å². The van der Waals surface area contributed by atoms with E-state index in [0.29, 0.717) is 26.1 Å². The van der Waals surface area contributed by atoms with Crippen LogP contribution in [-0.4, -0.2) is 59.2 Å². The Hall–Kier alpha value is -3.42. The molecule has 0 aliphatic carbocycles. The number of hydrogen-bond acceptors (Lipinski definition) is 5. The maximum absolute atomic E-state index is 12.7. The van der Waals surface area contributed by atoms with Crippen LogP contribution in [-0.2, 0) is 24.2 Å². The number of hydrogen-bond donors (Lipinski definition) is 3. The van der Waals surface area contributed by atoms with Crippen LogP contribution in [0.5, 0.6) is 5.75 Å². The largest absolute Gasteiger partial charge is 0.497 e. The second-order valence-electron chi connectivity index (χ2n) is 8.39. The van der Waals surface area contributed by atoms with Crippen molar-refractivity contribution in [2.24, 2.45) is 0 Å². The lowest BCUT2D eigenvalue weighted by Gasteiger charge is -2.29. The number of fused-ring (bicyclic) bond motifs is 5. The number of carbonyl (C=O) groups is 1. The summed E-state index contributed by atoms with van der Waals surface area (Å²) in [5.74, 6) is 0.864. The lowest BCUT2D eigenvalue weighted by molar-refractivity contribution is -0.131. The summed E-state index contributed by atoms with van der Waals surface area (Å²) in [5.41, 5.74) is 6.52. The van der Waals surface area contributed by atoms with Gasteiger partial charge in [0.2, 0.25) is 5.91 Å². The van der Waals surface area contributed by atoms with Crippen molar-refractivity contribution in [1.29, 1.82) is 0 Å². The average molecular weight is 445 g/mol. The monoisotopic (exact) mass is 444 g/mol. The molecule has 2 aromatic heterocycles. The molecule has 33 heavy (non-hydrogen) atoms. The molecule has 7 nitrogen and oxygen atoms in total. The Labute approximate surface area is 192 Å². The molecule has 5 rings (SSSR count). The highest BCUT2D eigenvalue weighted by atomic mass is 16.5. The smallest absolute Gasteiger partial charge is 0.236 e. The molecule has 0 saturated heterocycles. The van der Waals surface area contributed by atoms with E-state index in [2.05, 4.69) is 40.6 Å². The number of nitrogens with zero attached hydrogens (tertiary/aromatic N) is 2. The Morgan fingerprint density at radius 3 is 2.82 bits per heavy atom. The first-order valence-corrected chi connectivity index (χ1v) is 11.3. The van der Waals surface area contributed by atoms with Gasteiger partial charge in [0.1, 0.15) is 5.75 Å². The topological polar surface area (TPSA) is 90.5 Å². The van der Waals surface area contributed by atoms with E-state index in [1.165, 1.54) is 16.3 Å². The number of methoxy groups -OCH3 is 1. The highest BCUT2D eigenvalue weighted by molar-refractivity contribution is 6.10. The van der Waals surface area contributed by atoms with Gasteiger partial charge >= 0.3 is 0 Å². The van der Waals surface area contributed by atoms with E-state index in [9.17, 15) is 4.79 Å². The van der Waals surface area contributed by atoms with Crippen molar-refractivity contribution in [3.05, 3.63) is 71.0 Å². The number of aliphatic hydroxyl groups is 1. The van der Waals surface area contributed by atoms with Crippen LogP contribution in [0.15, 0.2) is 48.5 Å². The molecular formula is C26H28N4O3. The Kier molecular flexibility index (Phi) is 5.98. The maximum Gasteiger partial charge on any atom is 0.236 e. The number of ether oxygens (including phenoxy) is 1. The Balaban J connectivity index is 1.55. The molecule has 0 fully saturated rings. The van der Waals surface area contributed by atoms with Crippen LogP contribution in [0.2, 0.25) is 0 Å². The van der Waals surface area contributed by atoms with Crippen molar-refractivity contribution in [3.8, 4) is 5.75 Å². The molecule has 0 spiro atoms. The fourth-order valence-electron chi connectivity index (χ4n) is 4.67. The molecule has 2 aromatic carbocycles. The third kappa shape index (κ3) is 4.17. The summed E-state index contributed by atoms with van der Waals surface area (Å²) in [6.45, 7) is 1.83. The zero-order chi connectivity index (χ0) is 22.8. The van der Waals surface area contributed by atoms with Gasteiger partial charge in [-0.05, 0) is 35.7 Å². The van der Waals surface area contributed by atoms with Crippen LogP contribution < -0.4 is 10.1 Å². The summed E-state index contributed by atoms with van der Waals surface area (Å²) in [6.07, 6.45) is 1.46.